The number of amides is 1. The summed E-state index contributed by atoms with van der Waals surface area (Å²) < 4.78 is 16.5. The van der Waals surface area contributed by atoms with Crippen molar-refractivity contribution in [2.75, 3.05) is 5.32 Å². The van der Waals surface area contributed by atoms with E-state index in [-0.39, 0.29) is 11.2 Å². The van der Waals surface area contributed by atoms with Gasteiger partial charge in [0.05, 0.1) is 5.56 Å². The Bertz CT molecular complexity index is 1220. The van der Waals surface area contributed by atoms with Crippen molar-refractivity contribution in [3.05, 3.63) is 53.5 Å². The molecule has 3 aromatic rings. The fourth-order valence-corrected chi connectivity index (χ4v) is 5.25. The number of primary amides is 1. The van der Waals surface area contributed by atoms with Crippen molar-refractivity contribution in [2.45, 2.75) is 64.8 Å². The van der Waals surface area contributed by atoms with Gasteiger partial charge in [0.1, 0.15) is 12.1 Å². The smallest absolute Gasteiger partial charge is 0.250 e. The maximum atomic E-state index is 14.4. The molecule has 1 aliphatic carbocycles. The number of anilines is 1. The summed E-state index contributed by atoms with van der Waals surface area (Å²) >= 11 is 0. The Morgan fingerprint density at radius 2 is 1.91 bits per heavy atom. The van der Waals surface area contributed by atoms with Crippen molar-refractivity contribution in [3.8, 4) is 11.1 Å². The molecule has 0 bridgehead atoms. The molecule has 2 aromatic carbocycles. The molecule has 1 heterocycles. The normalized spacial score (nSPS) is 14.9. The largest absolute Gasteiger partial charge is 0.382 e. The van der Waals surface area contributed by atoms with Gasteiger partial charge in [0, 0.05) is 47.4 Å². The lowest BCUT2D eigenvalue weighted by atomic mass is 9.83. The van der Waals surface area contributed by atoms with Crippen LogP contribution in [0, 0.1) is 11.2 Å². The number of hydrogen-bond donors (Lipinski definition) is 2. The van der Waals surface area contributed by atoms with Crippen LogP contribution < -0.4 is 11.1 Å². The summed E-state index contributed by atoms with van der Waals surface area (Å²) in [6, 6.07) is 10.8. The predicted molar refractivity (Wildman–Crippen MR) is 135 cm³/mol. The van der Waals surface area contributed by atoms with E-state index in [0.717, 1.165) is 52.5 Å². The lowest BCUT2D eigenvalue weighted by Crippen LogP contribution is -2.24. The minimum absolute atomic E-state index is 0.256. The number of nitrogens with zero attached hydrogens (tertiary/aromatic N) is 1. The number of nitrogens with two attached hydrogens (primary N) is 1. The second kappa shape index (κ2) is 9.61. The van der Waals surface area contributed by atoms with E-state index in [4.69, 9.17) is 5.73 Å². The van der Waals surface area contributed by atoms with Crippen molar-refractivity contribution >= 4 is 28.8 Å². The lowest BCUT2D eigenvalue weighted by molar-refractivity contribution is -0.109. The monoisotopic (exact) mass is 463 g/mol. The van der Waals surface area contributed by atoms with Crippen molar-refractivity contribution in [2.24, 2.45) is 18.2 Å². The number of hydrogen-bond acceptors (Lipinski definition) is 3. The maximum absolute atomic E-state index is 14.4. The van der Waals surface area contributed by atoms with Gasteiger partial charge in [0.2, 0.25) is 0 Å². The van der Waals surface area contributed by atoms with Crippen LogP contribution in [0.2, 0.25) is 0 Å². The van der Waals surface area contributed by atoms with E-state index >= 15 is 0 Å². The quantitative estimate of drug-likeness (QED) is 0.403. The van der Waals surface area contributed by atoms with Gasteiger partial charge in [0.25, 0.3) is 5.91 Å². The number of carbonyl (C=O) groups excluding carboxylic acids is 2. The number of benzene rings is 2. The molecule has 4 rings (SSSR count). The molecular weight excluding hydrogens is 429 g/mol. The molecule has 3 N–H and O–H groups in total. The van der Waals surface area contributed by atoms with Gasteiger partial charge in [-0.2, -0.15) is 0 Å². The first-order valence-corrected chi connectivity index (χ1v) is 12.1. The zero-order valence-electron chi connectivity index (χ0n) is 20.3. The number of nitrogens with one attached hydrogen (secondary N) is 1. The van der Waals surface area contributed by atoms with Crippen LogP contribution in [0.1, 0.15) is 68.4 Å². The fraction of sp³-hybridized carbons (Fsp3) is 0.429. The summed E-state index contributed by atoms with van der Waals surface area (Å²) in [6.07, 6.45) is 7.73. The molecule has 0 spiro atoms. The predicted octanol–water partition coefficient (Wildman–Crippen LogP) is 5.99. The topological polar surface area (TPSA) is 77.1 Å². The third-order valence-corrected chi connectivity index (χ3v) is 7.10. The first-order valence-electron chi connectivity index (χ1n) is 12.1. The molecule has 6 heteroatoms. The number of aromatic nitrogens is 1. The summed E-state index contributed by atoms with van der Waals surface area (Å²) in [5, 5.41) is 4.38. The number of carbonyl (C=O) groups is 2. The first kappa shape index (κ1) is 24.0. The minimum Gasteiger partial charge on any atom is -0.382 e. The molecule has 1 amide bonds. The summed E-state index contributed by atoms with van der Waals surface area (Å²) in [7, 11) is 1.98. The van der Waals surface area contributed by atoms with E-state index in [0.29, 0.717) is 24.4 Å². The third kappa shape index (κ3) is 4.86. The number of aryl methyl sites for hydroxylation is 1. The standard InChI is InChI=1S/C28H34FN3O2/c1-28(2,13-14-33)17-25-26(22-16-19(29)10-12-24(22)32(25)3)18-9-11-21(27(30)34)23(15-18)31-20-7-5-4-6-8-20/h9-12,14-16,20,31H,4-8,13,17H2,1-3H3,(H2,30,34). The molecule has 0 atom stereocenters. The van der Waals surface area contributed by atoms with Gasteiger partial charge >= 0.3 is 0 Å². The highest BCUT2D eigenvalue weighted by Crippen LogP contribution is 2.40. The second-order valence-electron chi connectivity index (χ2n) is 10.4. The van der Waals surface area contributed by atoms with Gasteiger partial charge in [-0.05, 0) is 60.6 Å². The minimum atomic E-state index is -0.471. The van der Waals surface area contributed by atoms with Crippen LogP contribution in [0.25, 0.3) is 22.0 Å². The van der Waals surface area contributed by atoms with Crippen LogP contribution in [-0.4, -0.2) is 22.8 Å². The highest BCUT2D eigenvalue weighted by molar-refractivity contribution is 6.02. The van der Waals surface area contributed by atoms with Crippen molar-refractivity contribution in [1.82, 2.24) is 4.57 Å². The number of fused-ring (bicyclic) bond motifs is 1. The van der Waals surface area contributed by atoms with Crippen molar-refractivity contribution in [3.63, 3.8) is 0 Å². The van der Waals surface area contributed by atoms with Gasteiger partial charge < -0.3 is 20.4 Å². The van der Waals surface area contributed by atoms with Crippen LogP contribution in [0.5, 0.6) is 0 Å². The second-order valence-corrected chi connectivity index (χ2v) is 10.4. The molecule has 1 saturated carbocycles. The number of halogens is 1. The Hall–Kier alpha value is -3.15. The molecular formula is C28H34FN3O2. The summed E-state index contributed by atoms with van der Waals surface area (Å²) in [5.41, 5.74) is 10.4. The molecule has 1 aromatic heterocycles. The summed E-state index contributed by atoms with van der Waals surface area (Å²) in [6.45, 7) is 4.13. The third-order valence-electron chi connectivity index (χ3n) is 7.10. The van der Waals surface area contributed by atoms with Crippen LogP contribution in [-0.2, 0) is 18.3 Å². The summed E-state index contributed by atoms with van der Waals surface area (Å²) in [4.78, 5) is 23.5. The van der Waals surface area contributed by atoms with E-state index in [1.807, 2.05) is 19.2 Å². The Morgan fingerprint density at radius 1 is 1.18 bits per heavy atom. The van der Waals surface area contributed by atoms with Gasteiger partial charge in [-0.15, -0.1) is 0 Å². The lowest BCUT2D eigenvalue weighted by Gasteiger charge is -2.26. The van der Waals surface area contributed by atoms with Crippen LogP contribution in [0.3, 0.4) is 0 Å². The molecule has 180 valence electrons. The van der Waals surface area contributed by atoms with E-state index in [9.17, 15) is 14.0 Å². The van der Waals surface area contributed by atoms with E-state index in [1.54, 1.807) is 18.2 Å². The Labute approximate surface area is 200 Å². The maximum Gasteiger partial charge on any atom is 0.250 e. The highest BCUT2D eigenvalue weighted by atomic mass is 19.1. The highest BCUT2D eigenvalue weighted by Gasteiger charge is 2.26. The number of rotatable bonds is 8. The summed E-state index contributed by atoms with van der Waals surface area (Å²) in [5.74, 6) is -0.770. The molecule has 1 aliphatic rings. The van der Waals surface area contributed by atoms with Gasteiger partial charge in [-0.1, -0.05) is 39.2 Å². The number of aldehydes is 1. The fourth-order valence-electron chi connectivity index (χ4n) is 5.25. The van der Waals surface area contributed by atoms with Gasteiger partial charge in [-0.3, -0.25) is 4.79 Å². The molecule has 0 unspecified atom stereocenters. The average Bonchev–Trinajstić information content (AvgIpc) is 3.04. The zero-order chi connectivity index (χ0) is 24.5. The van der Waals surface area contributed by atoms with Crippen LogP contribution in [0.4, 0.5) is 10.1 Å². The molecule has 0 radical (unpaired) electrons. The van der Waals surface area contributed by atoms with Gasteiger partial charge in [0.15, 0.2) is 0 Å². The van der Waals surface area contributed by atoms with Gasteiger partial charge in [-0.25, -0.2) is 4.39 Å². The zero-order valence-corrected chi connectivity index (χ0v) is 20.3. The SMILES string of the molecule is Cn1c(CC(C)(C)CC=O)c(-c2ccc(C(N)=O)c(NC3CCCCC3)c2)c2cc(F)ccc21. The molecule has 5 nitrogen and oxygen atoms in total. The van der Waals surface area contributed by atoms with E-state index < -0.39 is 5.91 Å². The van der Waals surface area contributed by atoms with Crippen molar-refractivity contribution < 1.29 is 14.0 Å². The van der Waals surface area contributed by atoms with Crippen LogP contribution in [0.15, 0.2) is 36.4 Å². The van der Waals surface area contributed by atoms with Crippen molar-refractivity contribution in [1.29, 1.82) is 0 Å². The molecule has 1 fully saturated rings. The Kier molecular flexibility index (Phi) is 6.78. The van der Waals surface area contributed by atoms with E-state index in [1.165, 1.54) is 25.3 Å². The first-order chi connectivity index (χ1) is 16.2. The average molecular weight is 464 g/mol. The van der Waals surface area contributed by atoms with Crippen LogP contribution >= 0.6 is 0 Å². The van der Waals surface area contributed by atoms with E-state index in [2.05, 4.69) is 23.7 Å². The Balaban J connectivity index is 1.88. The molecule has 34 heavy (non-hydrogen) atoms. The molecule has 0 aliphatic heterocycles. The molecule has 0 saturated heterocycles. The Morgan fingerprint density at radius 3 is 2.59 bits per heavy atom.